The Kier molecular flexibility index (Phi) is 11.3. The second-order valence-electron chi connectivity index (χ2n) is 6.45. The van der Waals surface area contributed by atoms with Gasteiger partial charge in [-0.25, -0.2) is 4.98 Å². The SMILES string of the molecule is CN=C(NCC(C)Oc1cccc(OC)c1)N(C)Cc1csc(C(C)OC)n1.I. The zero-order valence-electron chi connectivity index (χ0n) is 17.8. The van der Waals surface area contributed by atoms with Crippen molar-refractivity contribution in [3.63, 3.8) is 0 Å². The van der Waals surface area contributed by atoms with Crippen molar-refractivity contribution in [2.45, 2.75) is 32.6 Å². The Morgan fingerprint density at radius 1 is 1.28 bits per heavy atom. The Bertz CT molecular complexity index is 772. The van der Waals surface area contributed by atoms with Crippen LogP contribution in [0.5, 0.6) is 11.5 Å². The summed E-state index contributed by atoms with van der Waals surface area (Å²) in [5, 5.41) is 6.39. The topological polar surface area (TPSA) is 68.2 Å². The molecular formula is C20H31IN4O3S. The summed E-state index contributed by atoms with van der Waals surface area (Å²) in [5.41, 5.74) is 0.995. The second kappa shape index (κ2) is 12.9. The second-order valence-corrected chi connectivity index (χ2v) is 7.34. The van der Waals surface area contributed by atoms with E-state index in [-0.39, 0.29) is 36.2 Å². The number of nitrogens with one attached hydrogen (secondary N) is 1. The predicted molar refractivity (Wildman–Crippen MR) is 129 cm³/mol. The highest BCUT2D eigenvalue weighted by Crippen LogP contribution is 2.21. The van der Waals surface area contributed by atoms with Crippen LogP contribution < -0.4 is 14.8 Å². The van der Waals surface area contributed by atoms with E-state index in [9.17, 15) is 0 Å². The predicted octanol–water partition coefficient (Wildman–Crippen LogP) is 3.95. The minimum Gasteiger partial charge on any atom is -0.497 e. The van der Waals surface area contributed by atoms with E-state index in [0.717, 1.165) is 28.2 Å². The first-order valence-electron chi connectivity index (χ1n) is 9.16. The molecule has 0 bridgehead atoms. The molecule has 0 saturated heterocycles. The number of guanidine groups is 1. The van der Waals surface area contributed by atoms with Crippen molar-refractivity contribution in [3.05, 3.63) is 40.3 Å². The van der Waals surface area contributed by atoms with Crippen molar-refractivity contribution in [2.24, 2.45) is 4.99 Å². The molecule has 0 radical (unpaired) electrons. The summed E-state index contributed by atoms with van der Waals surface area (Å²) in [4.78, 5) is 11.0. The maximum absolute atomic E-state index is 5.95. The van der Waals surface area contributed by atoms with Gasteiger partial charge in [-0.15, -0.1) is 35.3 Å². The van der Waals surface area contributed by atoms with Crippen LogP contribution in [0.2, 0.25) is 0 Å². The fourth-order valence-corrected chi connectivity index (χ4v) is 3.41. The molecule has 0 aliphatic rings. The van der Waals surface area contributed by atoms with Gasteiger partial charge in [-0.2, -0.15) is 0 Å². The van der Waals surface area contributed by atoms with E-state index in [2.05, 4.69) is 20.7 Å². The van der Waals surface area contributed by atoms with Gasteiger partial charge in [-0.1, -0.05) is 6.07 Å². The summed E-state index contributed by atoms with van der Waals surface area (Å²) in [6.07, 6.45) is -0.0261. The minimum atomic E-state index is -0.0364. The van der Waals surface area contributed by atoms with Gasteiger partial charge in [0.1, 0.15) is 28.7 Å². The van der Waals surface area contributed by atoms with Gasteiger partial charge < -0.3 is 24.4 Å². The van der Waals surface area contributed by atoms with E-state index < -0.39 is 0 Å². The van der Waals surface area contributed by atoms with Crippen molar-refractivity contribution in [2.75, 3.05) is 34.9 Å². The molecule has 1 aromatic carbocycles. The van der Waals surface area contributed by atoms with Crippen molar-refractivity contribution in [3.8, 4) is 11.5 Å². The fraction of sp³-hybridized carbons (Fsp3) is 0.500. The number of aliphatic imine (C=N–C) groups is 1. The van der Waals surface area contributed by atoms with Gasteiger partial charge in [0.25, 0.3) is 0 Å². The number of aromatic nitrogens is 1. The van der Waals surface area contributed by atoms with Gasteiger partial charge in [-0.3, -0.25) is 4.99 Å². The van der Waals surface area contributed by atoms with Crippen LogP contribution in [0.15, 0.2) is 34.6 Å². The van der Waals surface area contributed by atoms with Gasteiger partial charge in [0, 0.05) is 32.7 Å². The average molecular weight is 534 g/mol. The van der Waals surface area contributed by atoms with Crippen molar-refractivity contribution in [1.82, 2.24) is 15.2 Å². The van der Waals surface area contributed by atoms with Gasteiger partial charge in [0.2, 0.25) is 0 Å². The molecule has 2 unspecified atom stereocenters. The lowest BCUT2D eigenvalue weighted by Gasteiger charge is -2.23. The van der Waals surface area contributed by atoms with E-state index in [4.69, 9.17) is 14.2 Å². The van der Waals surface area contributed by atoms with Crippen LogP contribution in [0, 0.1) is 0 Å². The molecule has 0 aliphatic carbocycles. The first-order chi connectivity index (χ1) is 13.5. The molecule has 0 saturated carbocycles. The van der Waals surface area contributed by atoms with Crippen LogP contribution in [0.1, 0.15) is 30.7 Å². The number of hydrogen-bond donors (Lipinski definition) is 1. The van der Waals surface area contributed by atoms with Crippen LogP contribution in [-0.4, -0.2) is 56.8 Å². The maximum atomic E-state index is 5.95. The molecular weight excluding hydrogens is 503 g/mol. The van der Waals surface area contributed by atoms with Crippen LogP contribution in [0.25, 0.3) is 0 Å². The summed E-state index contributed by atoms with van der Waals surface area (Å²) in [6.45, 7) is 5.30. The van der Waals surface area contributed by atoms with Crippen molar-refractivity contribution >= 4 is 41.3 Å². The number of halogens is 1. The standard InChI is InChI=1S/C20H30N4O3S.HI/c1-14(27-18-9-7-8-17(10-18)26-6)11-22-20(21-3)24(4)12-16-13-28-19(23-16)15(2)25-5;/h7-10,13-15H,11-12H2,1-6H3,(H,21,22);1H. The molecule has 2 aromatic rings. The summed E-state index contributed by atoms with van der Waals surface area (Å²) in [6, 6.07) is 7.59. The first-order valence-corrected chi connectivity index (χ1v) is 10.0. The lowest BCUT2D eigenvalue weighted by atomic mass is 10.3. The molecule has 9 heteroatoms. The summed E-state index contributed by atoms with van der Waals surface area (Å²) >= 11 is 1.61. The van der Waals surface area contributed by atoms with Gasteiger partial charge in [0.15, 0.2) is 5.96 Å². The molecule has 1 N–H and O–H groups in total. The lowest BCUT2D eigenvalue weighted by molar-refractivity contribution is 0.119. The Balaban J connectivity index is 0.00000420. The molecule has 29 heavy (non-hydrogen) atoms. The monoisotopic (exact) mass is 534 g/mol. The smallest absolute Gasteiger partial charge is 0.193 e. The highest BCUT2D eigenvalue weighted by atomic mass is 127. The molecule has 0 spiro atoms. The third-order valence-corrected chi connectivity index (χ3v) is 5.22. The zero-order valence-corrected chi connectivity index (χ0v) is 21.0. The normalized spacial score (nSPS) is 13.2. The number of benzene rings is 1. The summed E-state index contributed by atoms with van der Waals surface area (Å²) in [5.74, 6) is 2.34. The van der Waals surface area contributed by atoms with Gasteiger partial charge in [-0.05, 0) is 26.0 Å². The molecule has 7 nitrogen and oxygen atoms in total. The van der Waals surface area contributed by atoms with E-state index in [1.54, 1.807) is 32.6 Å². The zero-order chi connectivity index (χ0) is 20.5. The Morgan fingerprint density at radius 2 is 2.00 bits per heavy atom. The number of hydrogen-bond acceptors (Lipinski definition) is 6. The molecule has 1 heterocycles. The van der Waals surface area contributed by atoms with E-state index >= 15 is 0 Å². The Morgan fingerprint density at radius 3 is 2.66 bits per heavy atom. The Hall–Kier alpha value is -1.59. The number of ether oxygens (including phenoxy) is 3. The third kappa shape index (κ3) is 7.98. The minimum absolute atomic E-state index is 0. The maximum Gasteiger partial charge on any atom is 0.193 e. The van der Waals surface area contributed by atoms with Crippen LogP contribution >= 0.6 is 35.3 Å². The number of nitrogens with zero attached hydrogens (tertiary/aromatic N) is 3. The number of methoxy groups -OCH3 is 2. The largest absolute Gasteiger partial charge is 0.497 e. The van der Waals surface area contributed by atoms with E-state index in [1.165, 1.54) is 0 Å². The van der Waals surface area contributed by atoms with Crippen LogP contribution in [0.4, 0.5) is 0 Å². The van der Waals surface area contributed by atoms with E-state index in [1.807, 2.05) is 50.1 Å². The quantitative estimate of drug-likeness (QED) is 0.299. The number of thiazole rings is 1. The number of rotatable bonds is 9. The van der Waals surface area contributed by atoms with Crippen molar-refractivity contribution < 1.29 is 14.2 Å². The molecule has 2 rings (SSSR count). The molecule has 0 fully saturated rings. The molecule has 2 atom stereocenters. The fourth-order valence-electron chi connectivity index (χ4n) is 2.57. The van der Waals surface area contributed by atoms with E-state index in [0.29, 0.717) is 13.1 Å². The van der Waals surface area contributed by atoms with Crippen molar-refractivity contribution in [1.29, 1.82) is 0 Å². The first kappa shape index (κ1) is 25.4. The lowest BCUT2D eigenvalue weighted by Crippen LogP contribution is -2.42. The Labute approximate surface area is 194 Å². The molecule has 0 amide bonds. The van der Waals surface area contributed by atoms with Gasteiger partial charge in [0.05, 0.1) is 25.9 Å². The van der Waals surface area contributed by atoms with Gasteiger partial charge >= 0.3 is 0 Å². The highest BCUT2D eigenvalue weighted by Gasteiger charge is 2.13. The third-order valence-electron chi connectivity index (χ3n) is 4.17. The highest BCUT2D eigenvalue weighted by molar-refractivity contribution is 14.0. The molecule has 0 aliphatic heterocycles. The summed E-state index contributed by atoms with van der Waals surface area (Å²) in [7, 11) is 7.09. The van der Waals surface area contributed by atoms with Crippen LogP contribution in [0.3, 0.4) is 0 Å². The molecule has 162 valence electrons. The molecule has 1 aromatic heterocycles. The average Bonchev–Trinajstić information content (AvgIpc) is 3.16. The summed E-state index contributed by atoms with van der Waals surface area (Å²) < 4.78 is 16.5. The van der Waals surface area contributed by atoms with Crippen LogP contribution in [-0.2, 0) is 11.3 Å².